The van der Waals surface area contributed by atoms with Crippen molar-refractivity contribution in [2.24, 2.45) is 0 Å². The number of benzene rings is 1. The van der Waals surface area contributed by atoms with Gasteiger partial charge in [-0.2, -0.15) is 0 Å². The van der Waals surface area contributed by atoms with Crippen LogP contribution in [0.15, 0.2) is 46.6 Å². The molecule has 0 saturated heterocycles. The standard InChI is InChI=1S/C20H35BN2S/c1-16(2)22(17(3)4)21(23(18(5)6)19(7)8)14-15-24-20-12-10-9-11-13-20/h9-19H,1-8H3/b15-14+. The third-order valence-electron chi connectivity index (χ3n) is 4.19. The molecule has 0 N–H and O–H groups in total. The van der Waals surface area contributed by atoms with Crippen LogP contribution in [-0.4, -0.2) is 40.8 Å². The number of rotatable bonds is 9. The quantitative estimate of drug-likeness (QED) is 0.427. The van der Waals surface area contributed by atoms with Crippen LogP contribution in [-0.2, 0) is 0 Å². The van der Waals surface area contributed by atoms with Crippen molar-refractivity contribution in [2.45, 2.75) is 84.5 Å². The molecule has 0 heterocycles. The van der Waals surface area contributed by atoms with E-state index >= 15 is 0 Å². The fourth-order valence-electron chi connectivity index (χ4n) is 3.45. The maximum absolute atomic E-state index is 2.60. The first-order valence-electron chi connectivity index (χ1n) is 9.19. The lowest BCUT2D eigenvalue weighted by molar-refractivity contribution is 0.227. The van der Waals surface area contributed by atoms with Crippen LogP contribution in [0.1, 0.15) is 55.4 Å². The predicted molar refractivity (Wildman–Crippen MR) is 111 cm³/mol. The highest BCUT2D eigenvalue weighted by Gasteiger charge is 2.34. The second-order valence-electron chi connectivity index (χ2n) is 7.44. The molecule has 0 spiro atoms. The monoisotopic (exact) mass is 346 g/mol. The summed E-state index contributed by atoms with van der Waals surface area (Å²) in [5, 5.41) is 2.26. The van der Waals surface area contributed by atoms with Gasteiger partial charge in [0.1, 0.15) is 0 Å². The van der Waals surface area contributed by atoms with Crippen LogP contribution in [0.3, 0.4) is 0 Å². The van der Waals surface area contributed by atoms with Gasteiger partial charge in [-0.25, -0.2) is 0 Å². The van der Waals surface area contributed by atoms with E-state index in [-0.39, 0.29) is 0 Å². The topological polar surface area (TPSA) is 6.48 Å². The van der Waals surface area contributed by atoms with Crippen LogP contribution >= 0.6 is 11.8 Å². The van der Waals surface area contributed by atoms with Crippen molar-refractivity contribution in [3.05, 3.63) is 41.7 Å². The molecule has 0 saturated carbocycles. The van der Waals surface area contributed by atoms with Crippen molar-refractivity contribution in [1.29, 1.82) is 0 Å². The molecule has 0 unspecified atom stereocenters. The average molecular weight is 346 g/mol. The summed E-state index contributed by atoms with van der Waals surface area (Å²) < 4.78 is 0. The summed E-state index contributed by atoms with van der Waals surface area (Å²) in [6.45, 7) is 18.7. The first-order valence-corrected chi connectivity index (χ1v) is 10.1. The van der Waals surface area contributed by atoms with Crippen LogP contribution in [0.25, 0.3) is 0 Å². The summed E-state index contributed by atoms with van der Waals surface area (Å²) in [6, 6.07) is 12.6. The van der Waals surface area contributed by atoms with Gasteiger partial charge < -0.3 is 9.62 Å². The van der Waals surface area contributed by atoms with Crippen molar-refractivity contribution in [3.8, 4) is 0 Å². The van der Waals surface area contributed by atoms with Gasteiger partial charge in [0.2, 0.25) is 0 Å². The van der Waals surface area contributed by atoms with Gasteiger partial charge in [-0.1, -0.05) is 91.3 Å². The summed E-state index contributed by atoms with van der Waals surface area (Å²) >= 11 is 1.80. The van der Waals surface area contributed by atoms with E-state index in [1.807, 2.05) is 0 Å². The summed E-state index contributed by atoms with van der Waals surface area (Å²) in [5.74, 6) is 2.37. The number of thioether (sulfide) groups is 1. The molecule has 1 rings (SSSR count). The van der Waals surface area contributed by atoms with Crippen molar-refractivity contribution in [1.82, 2.24) is 9.62 Å². The smallest absolute Gasteiger partial charge is 0.320 e. The highest BCUT2D eigenvalue weighted by Crippen LogP contribution is 2.22. The van der Waals surface area contributed by atoms with Crippen molar-refractivity contribution in [3.63, 3.8) is 0 Å². The van der Waals surface area contributed by atoms with E-state index in [0.29, 0.717) is 31.1 Å². The highest BCUT2D eigenvalue weighted by atomic mass is 32.2. The van der Waals surface area contributed by atoms with Crippen molar-refractivity contribution < 1.29 is 0 Å². The molecule has 4 heteroatoms. The maximum atomic E-state index is 2.60. The predicted octanol–water partition coefficient (Wildman–Crippen LogP) is 5.56. The Morgan fingerprint density at radius 3 is 1.54 bits per heavy atom. The Labute approximate surface area is 154 Å². The minimum atomic E-state index is 0.307. The lowest BCUT2D eigenvalue weighted by Crippen LogP contribution is -2.60. The summed E-state index contributed by atoms with van der Waals surface area (Å²) in [4.78, 5) is 6.48. The van der Waals surface area contributed by atoms with Crippen molar-refractivity contribution >= 4 is 18.7 Å². The van der Waals surface area contributed by atoms with Gasteiger partial charge in [-0.05, 0) is 41.7 Å². The molecule has 0 atom stereocenters. The van der Waals surface area contributed by atoms with Gasteiger partial charge in [0.15, 0.2) is 0 Å². The molecule has 134 valence electrons. The van der Waals surface area contributed by atoms with E-state index in [0.717, 1.165) is 0 Å². The molecule has 0 fully saturated rings. The van der Waals surface area contributed by atoms with Crippen LogP contribution in [0.5, 0.6) is 0 Å². The Morgan fingerprint density at radius 2 is 1.17 bits per heavy atom. The minimum Gasteiger partial charge on any atom is -0.320 e. The number of hydrogen-bond acceptors (Lipinski definition) is 3. The second-order valence-corrected chi connectivity index (χ2v) is 8.42. The Balaban J connectivity index is 3.07. The van der Waals surface area contributed by atoms with Gasteiger partial charge in [-0.3, -0.25) is 0 Å². The summed E-state index contributed by atoms with van der Waals surface area (Å²) in [7, 11) is 0. The zero-order valence-corrected chi connectivity index (χ0v) is 17.5. The molecule has 1 aromatic carbocycles. The lowest BCUT2D eigenvalue weighted by atomic mass is 9.67. The van der Waals surface area contributed by atoms with Crippen LogP contribution in [0, 0.1) is 0 Å². The first kappa shape index (κ1) is 21.3. The van der Waals surface area contributed by atoms with Crippen LogP contribution in [0.2, 0.25) is 0 Å². The van der Waals surface area contributed by atoms with E-state index in [4.69, 9.17) is 0 Å². The minimum absolute atomic E-state index is 0.307. The Kier molecular flexibility index (Phi) is 9.18. The van der Waals surface area contributed by atoms with Gasteiger partial charge in [0.25, 0.3) is 0 Å². The van der Waals surface area contributed by atoms with E-state index in [2.05, 4.69) is 107 Å². The van der Waals surface area contributed by atoms with E-state index in [9.17, 15) is 0 Å². The SMILES string of the molecule is CC(C)N(B(/C=C/Sc1ccccc1)N(C(C)C)C(C)C)C(C)C. The highest BCUT2D eigenvalue weighted by molar-refractivity contribution is 8.02. The third-order valence-corrected chi connectivity index (χ3v) is 5.03. The molecule has 1 aromatic rings. The normalized spacial score (nSPS) is 12.8. The Morgan fingerprint density at radius 1 is 0.750 bits per heavy atom. The molecule has 0 aliphatic rings. The number of nitrogens with zero attached hydrogens (tertiary/aromatic N) is 2. The molecule has 0 aliphatic carbocycles. The Bertz CT molecular complexity index is 450. The fraction of sp³-hybridized carbons (Fsp3) is 0.600. The first-order chi connectivity index (χ1) is 11.3. The molecule has 0 aromatic heterocycles. The largest absolute Gasteiger partial charge is 0.339 e. The van der Waals surface area contributed by atoms with E-state index < -0.39 is 0 Å². The van der Waals surface area contributed by atoms with Gasteiger partial charge in [-0.15, -0.1) is 0 Å². The molecule has 0 bridgehead atoms. The van der Waals surface area contributed by atoms with Gasteiger partial charge >= 0.3 is 6.98 Å². The lowest BCUT2D eigenvalue weighted by Gasteiger charge is -2.44. The van der Waals surface area contributed by atoms with Crippen LogP contribution < -0.4 is 0 Å². The third kappa shape index (κ3) is 6.31. The average Bonchev–Trinajstić information content (AvgIpc) is 2.46. The molecule has 0 amide bonds. The fourth-order valence-corrected chi connectivity index (χ4v) is 4.14. The zero-order valence-electron chi connectivity index (χ0n) is 16.7. The molecular weight excluding hydrogens is 311 g/mol. The molecule has 2 nitrogen and oxygen atoms in total. The molecular formula is C20H35BN2S. The summed E-state index contributed by atoms with van der Waals surface area (Å²) in [6.07, 6.45) is 0. The summed E-state index contributed by atoms with van der Waals surface area (Å²) in [5.41, 5.74) is 0. The molecule has 24 heavy (non-hydrogen) atoms. The zero-order chi connectivity index (χ0) is 18.3. The van der Waals surface area contributed by atoms with Gasteiger partial charge in [0.05, 0.1) is 0 Å². The molecule has 0 radical (unpaired) electrons. The van der Waals surface area contributed by atoms with Gasteiger partial charge in [0, 0.05) is 4.90 Å². The van der Waals surface area contributed by atoms with E-state index in [1.54, 1.807) is 11.8 Å². The van der Waals surface area contributed by atoms with Crippen molar-refractivity contribution in [2.75, 3.05) is 0 Å². The van der Waals surface area contributed by atoms with E-state index in [1.165, 1.54) is 4.90 Å². The number of hydrogen-bond donors (Lipinski definition) is 0. The maximum Gasteiger partial charge on any atom is 0.339 e. The van der Waals surface area contributed by atoms with Crippen LogP contribution in [0.4, 0.5) is 0 Å². The molecule has 0 aliphatic heterocycles. The second kappa shape index (κ2) is 10.3. The Hall–Kier alpha value is -0.705.